The number of fused-ring (bicyclic) bond motifs is 1. The van der Waals surface area contributed by atoms with Gasteiger partial charge in [0.15, 0.2) is 0 Å². The molecular weight excluding hydrogens is 426 g/mol. The van der Waals surface area contributed by atoms with Gasteiger partial charge in [0.2, 0.25) is 5.95 Å². The molecule has 7 heteroatoms. The number of oxime groups is 1. The number of anilines is 1. The zero-order valence-electron chi connectivity index (χ0n) is 21.3. The van der Waals surface area contributed by atoms with E-state index in [0.29, 0.717) is 5.95 Å². The molecule has 0 saturated heterocycles. The molecule has 1 aliphatic rings. The second-order valence-corrected chi connectivity index (χ2v) is 10.4. The minimum absolute atomic E-state index is 0.142. The summed E-state index contributed by atoms with van der Waals surface area (Å²) in [5.74, 6) is 0.472. The quantitative estimate of drug-likeness (QED) is 0.418. The van der Waals surface area contributed by atoms with Gasteiger partial charge in [0, 0.05) is 19.7 Å². The molecule has 3 aromatic rings. The van der Waals surface area contributed by atoms with Gasteiger partial charge in [0.1, 0.15) is 6.61 Å². The number of rotatable bonds is 6. The third-order valence-corrected chi connectivity index (χ3v) is 7.07. The first kappa shape index (κ1) is 23.8. The van der Waals surface area contributed by atoms with Crippen LogP contribution in [-0.4, -0.2) is 27.1 Å². The summed E-state index contributed by atoms with van der Waals surface area (Å²) in [4.78, 5) is 18.4. The lowest BCUT2D eigenvalue weighted by Gasteiger charge is -2.42. The van der Waals surface area contributed by atoms with Crippen LogP contribution in [0.3, 0.4) is 0 Å². The largest absolute Gasteiger partial charge is 0.391 e. The summed E-state index contributed by atoms with van der Waals surface area (Å²) in [5.41, 5.74) is 6.39. The van der Waals surface area contributed by atoms with Gasteiger partial charge >= 0.3 is 5.69 Å². The van der Waals surface area contributed by atoms with Gasteiger partial charge in [0.25, 0.3) is 0 Å². The van der Waals surface area contributed by atoms with Crippen molar-refractivity contribution in [2.75, 3.05) is 12.4 Å². The van der Waals surface area contributed by atoms with Crippen LogP contribution < -0.4 is 11.0 Å². The SMILES string of the molecule is CNc1nn(C)c(=O)n1-c1ccccc1CON=C(C)c1ccc2c(c1)C(C)(C)CCC2(C)C. The fraction of sp³-hybridized carbons (Fsp3) is 0.444. The highest BCUT2D eigenvalue weighted by Gasteiger charge is 2.37. The monoisotopic (exact) mass is 461 g/mol. The van der Waals surface area contributed by atoms with Gasteiger partial charge in [-0.2, -0.15) is 0 Å². The van der Waals surface area contributed by atoms with E-state index >= 15 is 0 Å². The van der Waals surface area contributed by atoms with Gasteiger partial charge < -0.3 is 10.2 Å². The number of nitrogens with one attached hydrogen (secondary N) is 1. The lowest BCUT2D eigenvalue weighted by molar-refractivity contribution is 0.130. The molecule has 4 rings (SSSR count). The Morgan fingerprint density at radius 1 is 1.09 bits per heavy atom. The van der Waals surface area contributed by atoms with Crippen molar-refractivity contribution >= 4 is 11.7 Å². The van der Waals surface area contributed by atoms with Crippen LogP contribution in [0.25, 0.3) is 5.69 Å². The summed E-state index contributed by atoms with van der Waals surface area (Å²) >= 11 is 0. The molecule has 0 amide bonds. The number of para-hydroxylation sites is 1. The fourth-order valence-corrected chi connectivity index (χ4v) is 4.76. The maximum absolute atomic E-state index is 12.6. The van der Waals surface area contributed by atoms with Gasteiger partial charge in [-0.15, -0.1) is 5.10 Å². The normalized spacial score (nSPS) is 16.7. The molecule has 0 fully saturated rings. The van der Waals surface area contributed by atoms with E-state index in [-0.39, 0.29) is 23.1 Å². The molecule has 1 heterocycles. The van der Waals surface area contributed by atoms with Crippen LogP contribution in [0.4, 0.5) is 5.95 Å². The molecule has 34 heavy (non-hydrogen) atoms. The summed E-state index contributed by atoms with van der Waals surface area (Å²) in [7, 11) is 3.37. The van der Waals surface area contributed by atoms with Crippen molar-refractivity contribution in [3.8, 4) is 5.69 Å². The van der Waals surface area contributed by atoms with Crippen molar-refractivity contribution in [3.05, 3.63) is 75.2 Å². The van der Waals surface area contributed by atoms with Crippen LogP contribution in [0.2, 0.25) is 0 Å². The van der Waals surface area contributed by atoms with Gasteiger partial charge in [0.05, 0.1) is 11.4 Å². The number of hydrogen-bond donors (Lipinski definition) is 1. The third-order valence-electron chi connectivity index (χ3n) is 7.07. The van der Waals surface area contributed by atoms with Crippen molar-refractivity contribution in [2.24, 2.45) is 12.2 Å². The predicted molar refractivity (Wildman–Crippen MR) is 137 cm³/mol. The lowest BCUT2D eigenvalue weighted by atomic mass is 9.63. The third kappa shape index (κ3) is 4.27. The molecule has 0 atom stereocenters. The Balaban J connectivity index is 1.59. The first-order valence-electron chi connectivity index (χ1n) is 11.8. The second-order valence-electron chi connectivity index (χ2n) is 10.4. The first-order valence-corrected chi connectivity index (χ1v) is 11.8. The molecule has 0 unspecified atom stereocenters. The molecule has 1 aliphatic carbocycles. The van der Waals surface area contributed by atoms with E-state index in [4.69, 9.17) is 4.84 Å². The molecule has 0 radical (unpaired) electrons. The molecule has 0 aliphatic heterocycles. The summed E-state index contributed by atoms with van der Waals surface area (Å²) in [6, 6.07) is 14.3. The average molecular weight is 462 g/mol. The second kappa shape index (κ2) is 8.78. The molecule has 0 bridgehead atoms. The predicted octanol–water partition coefficient (Wildman–Crippen LogP) is 4.90. The smallest absolute Gasteiger partial charge is 0.351 e. The maximum Gasteiger partial charge on any atom is 0.351 e. The zero-order valence-corrected chi connectivity index (χ0v) is 21.3. The Kier molecular flexibility index (Phi) is 6.14. The number of nitrogens with zero attached hydrogens (tertiary/aromatic N) is 4. The standard InChI is InChI=1S/C27H35N5O2/c1-18(19-12-13-21-22(16-19)27(4,5)15-14-26(21,2)3)30-34-17-20-10-8-9-11-23(20)32-24(28-6)29-31(7)25(32)33/h8-13,16H,14-15,17H2,1-7H3,(H,28,29). The summed E-state index contributed by atoms with van der Waals surface area (Å²) in [5, 5.41) is 11.6. The van der Waals surface area contributed by atoms with Crippen molar-refractivity contribution in [2.45, 2.75) is 64.9 Å². The molecule has 180 valence electrons. The van der Waals surface area contributed by atoms with Crippen molar-refractivity contribution in [1.29, 1.82) is 0 Å². The number of benzene rings is 2. The van der Waals surface area contributed by atoms with Gasteiger partial charge in [-0.05, 0) is 59.4 Å². The van der Waals surface area contributed by atoms with Crippen LogP contribution in [-0.2, 0) is 29.3 Å². The van der Waals surface area contributed by atoms with Crippen molar-refractivity contribution in [1.82, 2.24) is 14.3 Å². The van der Waals surface area contributed by atoms with Crippen LogP contribution in [0.15, 0.2) is 52.4 Å². The molecular formula is C27H35N5O2. The Morgan fingerprint density at radius 2 is 1.76 bits per heavy atom. The Bertz CT molecular complexity index is 1300. The maximum atomic E-state index is 12.6. The number of aromatic nitrogens is 3. The summed E-state index contributed by atoms with van der Waals surface area (Å²) in [6.45, 7) is 11.5. The zero-order chi connectivity index (χ0) is 24.7. The van der Waals surface area contributed by atoms with E-state index in [9.17, 15) is 4.79 Å². The van der Waals surface area contributed by atoms with E-state index in [1.54, 1.807) is 18.7 Å². The highest BCUT2D eigenvalue weighted by atomic mass is 16.6. The Hall–Kier alpha value is -3.35. The van der Waals surface area contributed by atoms with Gasteiger partial charge in [-0.3, -0.25) is 0 Å². The lowest BCUT2D eigenvalue weighted by Crippen LogP contribution is -2.34. The summed E-state index contributed by atoms with van der Waals surface area (Å²) < 4.78 is 2.85. The van der Waals surface area contributed by atoms with Crippen LogP contribution in [0.1, 0.15) is 69.7 Å². The van der Waals surface area contributed by atoms with Crippen molar-refractivity contribution < 1.29 is 4.84 Å². The van der Waals surface area contributed by atoms with Crippen LogP contribution in [0, 0.1) is 0 Å². The van der Waals surface area contributed by atoms with E-state index in [1.165, 1.54) is 28.7 Å². The average Bonchev–Trinajstić information content (AvgIpc) is 3.10. The topological polar surface area (TPSA) is 73.4 Å². The minimum Gasteiger partial charge on any atom is -0.391 e. The molecule has 1 N–H and O–H groups in total. The number of aryl methyl sites for hydroxylation is 1. The van der Waals surface area contributed by atoms with E-state index < -0.39 is 0 Å². The highest BCUT2D eigenvalue weighted by molar-refractivity contribution is 5.98. The molecule has 2 aromatic carbocycles. The van der Waals surface area contributed by atoms with E-state index in [2.05, 4.69) is 61.5 Å². The Morgan fingerprint density at radius 3 is 2.47 bits per heavy atom. The van der Waals surface area contributed by atoms with Gasteiger partial charge in [-0.1, -0.05) is 63.2 Å². The first-order chi connectivity index (χ1) is 16.0. The molecule has 0 spiro atoms. The minimum atomic E-state index is -0.226. The van der Waals surface area contributed by atoms with Crippen LogP contribution in [0.5, 0.6) is 0 Å². The van der Waals surface area contributed by atoms with Gasteiger partial charge in [-0.25, -0.2) is 14.0 Å². The van der Waals surface area contributed by atoms with Crippen molar-refractivity contribution in [3.63, 3.8) is 0 Å². The van der Waals surface area contributed by atoms with Crippen LogP contribution >= 0.6 is 0 Å². The molecule has 7 nitrogen and oxygen atoms in total. The fourth-order valence-electron chi connectivity index (χ4n) is 4.76. The van der Waals surface area contributed by atoms with E-state index in [1.807, 2.05) is 31.2 Å². The summed E-state index contributed by atoms with van der Waals surface area (Å²) in [6.07, 6.45) is 2.36. The molecule has 1 aromatic heterocycles. The van der Waals surface area contributed by atoms with E-state index in [0.717, 1.165) is 22.5 Å². The highest BCUT2D eigenvalue weighted by Crippen LogP contribution is 2.45. The number of hydrogen-bond acceptors (Lipinski definition) is 5. The molecule has 0 saturated carbocycles. The Labute approximate surface area is 201 Å².